The zero-order valence-electron chi connectivity index (χ0n) is 19.6. The van der Waals surface area contributed by atoms with Gasteiger partial charge in [-0.15, -0.1) is 0 Å². The Hall–Kier alpha value is -2.81. The number of nitrogens with zero attached hydrogens (tertiary/aromatic N) is 3. The molecule has 9 nitrogen and oxygen atoms in total. The van der Waals surface area contributed by atoms with Crippen LogP contribution in [0.25, 0.3) is 10.9 Å². The van der Waals surface area contributed by atoms with Crippen molar-refractivity contribution in [1.29, 1.82) is 0 Å². The summed E-state index contributed by atoms with van der Waals surface area (Å²) in [6.07, 6.45) is 3.46. The summed E-state index contributed by atoms with van der Waals surface area (Å²) in [5, 5.41) is 8.30. The first kappa shape index (κ1) is 23.8. The van der Waals surface area contributed by atoms with Crippen LogP contribution in [0.1, 0.15) is 44.0 Å². The summed E-state index contributed by atoms with van der Waals surface area (Å²) in [5.74, 6) is 0.720. The smallest absolute Gasteiger partial charge is 0.410 e. The molecule has 0 radical (unpaired) electrons. The van der Waals surface area contributed by atoms with Gasteiger partial charge in [0.05, 0.1) is 30.2 Å². The highest BCUT2D eigenvalue weighted by Crippen LogP contribution is 2.30. The van der Waals surface area contributed by atoms with Crippen LogP contribution in [-0.4, -0.2) is 72.7 Å². The van der Waals surface area contributed by atoms with Gasteiger partial charge in [0.15, 0.2) is 0 Å². The average Bonchev–Trinajstić information content (AvgIpc) is 3.14. The molecule has 2 heterocycles. The third-order valence-electron chi connectivity index (χ3n) is 5.44. The van der Waals surface area contributed by atoms with E-state index in [0.29, 0.717) is 43.5 Å². The quantitative estimate of drug-likeness (QED) is 0.657. The number of carbonyl (C=O) groups is 2. The van der Waals surface area contributed by atoms with E-state index in [1.54, 1.807) is 25.2 Å². The number of hydrogen-bond donors (Lipinski definition) is 1. The maximum absolute atomic E-state index is 12.5. The number of carbonyl (C=O) groups excluding carboxylic acids is 2. The molecule has 0 atom stereocenters. The second-order valence-electron chi connectivity index (χ2n) is 9.09. The summed E-state index contributed by atoms with van der Waals surface area (Å²) < 4.78 is 17.9. The molecule has 9 heteroatoms. The van der Waals surface area contributed by atoms with Gasteiger partial charge in [-0.3, -0.25) is 9.48 Å². The van der Waals surface area contributed by atoms with Crippen LogP contribution in [0, 0.1) is 5.92 Å². The molecular weight excluding hydrogens is 412 g/mol. The molecule has 1 aromatic carbocycles. The standard InChI is InChI=1S/C23H34N4O5/c1-23(2,3)32-22(29)26-11-8-16(9-12-26)14-27-15-18-19(25-27)7-6-17(20(18)31-5)21(28)24-10-13-30-4/h6-7,15-16H,8-14H2,1-5H3,(H,24,28). The fraction of sp³-hybridized carbons (Fsp3) is 0.609. The molecule has 1 aliphatic rings. The Balaban J connectivity index is 1.65. The molecule has 0 saturated carbocycles. The topological polar surface area (TPSA) is 94.9 Å². The SMILES string of the molecule is COCCNC(=O)c1ccc2nn(CC3CCN(C(=O)OC(C)(C)C)CC3)cc2c1OC. The first-order valence-corrected chi connectivity index (χ1v) is 11.0. The van der Waals surface area contributed by atoms with Crippen molar-refractivity contribution in [1.82, 2.24) is 20.0 Å². The zero-order valence-corrected chi connectivity index (χ0v) is 19.6. The second-order valence-corrected chi connectivity index (χ2v) is 9.09. The van der Waals surface area contributed by atoms with Crippen LogP contribution in [0.2, 0.25) is 0 Å². The third-order valence-corrected chi connectivity index (χ3v) is 5.44. The van der Waals surface area contributed by atoms with Crippen molar-refractivity contribution in [2.45, 2.75) is 45.8 Å². The number of hydrogen-bond acceptors (Lipinski definition) is 6. The molecule has 1 aromatic heterocycles. The normalized spacial score (nSPS) is 15.1. The van der Waals surface area contributed by atoms with Gasteiger partial charge in [0.2, 0.25) is 0 Å². The number of aromatic nitrogens is 2. The van der Waals surface area contributed by atoms with Crippen molar-refractivity contribution in [3.8, 4) is 5.75 Å². The Labute approximate surface area is 189 Å². The number of likely N-dealkylation sites (tertiary alicyclic amines) is 1. The van der Waals surface area contributed by atoms with Gasteiger partial charge in [0.25, 0.3) is 5.91 Å². The molecule has 32 heavy (non-hydrogen) atoms. The molecule has 3 rings (SSSR count). The molecule has 1 N–H and O–H groups in total. The Bertz CT molecular complexity index is 942. The summed E-state index contributed by atoms with van der Waals surface area (Å²) in [4.78, 5) is 26.6. The summed E-state index contributed by atoms with van der Waals surface area (Å²) >= 11 is 0. The molecule has 1 saturated heterocycles. The highest BCUT2D eigenvalue weighted by atomic mass is 16.6. The van der Waals surface area contributed by atoms with E-state index in [1.165, 1.54) is 0 Å². The van der Waals surface area contributed by atoms with Gasteiger partial charge >= 0.3 is 6.09 Å². The highest BCUT2D eigenvalue weighted by Gasteiger charge is 2.27. The number of piperidine rings is 1. The van der Waals surface area contributed by atoms with Crippen molar-refractivity contribution in [2.24, 2.45) is 5.92 Å². The zero-order chi connectivity index (χ0) is 23.3. The minimum absolute atomic E-state index is 0.205. The largest absolute Gasteiger partial charge is 0.495 e. The molecule has 2 amide bonds. The molecule has 0 spiro atoms. The lowest BCUT2D eigenvalue weighted by atomic mass is 9.97. The molecule has 2 aromatic rings. The minimum Gasteiger partial charge on any atom is -0.495 e. The van der Waals surface area contributed by atoms with Crippen LogP contribution in [-0.2, 0) is 16.0 Å². The van der Waals surface area contributed by atoms with Gasteiger partial charge in [-0.1, -0.05) is 0 Å². The molecule has 1 fully saturated rings. The fourth-order valence-corrected chi connectivity index (χ4v) is 3.86. The number of ether oxygens (including phenoxy) is 3. The molecule has 1 aliphatic heterocycles. The van der Waals surface area contributed by atoms with Gasteiger partial charge in [0.1, 0.15) is 11.4 Å². The summed E-state index contributed by atoms with van der Waals surface area (Å²) in [5.41, 5.74) is 0.768. The Morgan fingerprint density at radius 3 is 2.53 bits per heavy atom. The van der Waals surface area contributed by atoms with Gasteiger partial charge in [0, 0.05) is 39.5 Å². The van der Waals surface area contributed by atoms with Crippen LogP contribution in [0.3, 0.4) is 0 Å². The number of nitrogens with one attached hydrogen (secondary N) is 1. The van der Waals surface area contributed by atoms with Crippen molar-refractivity contribution in [3.63, 3.8) is 0 Å². The maximum Gasteiger partial charge on any atom is 0.410 e. The lowest BCUT2D eigenvalue weighted by Gasteiger charge is -2.33. The maximum atomic E-state index is 12.5. The molecular formula is C23H34N4O5. The monoisotopic (exact) mass is 446 g/mol. The predicted molar refractivity (Wildman–Crippen MR) is 121 cm³/mol. The van der Waals surface area contributed by atoms with E-state index in [4.69, 9.17) is 14.2 Å². The van der Waals surface area contributed by atoms with E-state index in [1.807, 2.05) is 37.7 Å². The summed E-state index contributed by atoms with van der Waals surface area (Å²) in [7, 11) is 3.15. The van der Waals surface area contributed by atoms with E-state index >= 15 is 0 Å². The van der Waals surface area contributed by atoms with E-state index in [0.717, 1.165) is 30.3 Å². The van der Waals surface area contributed by atoms with Crippen LogP contribution in [0.15, 0.2) is 18.3 Å². The van der Waals surface area contributed by atoms with E-state index < -0.39 is 5.60 Å². The van der Waals surface area contributed by atoms with E-state index in [-0.39, 0.29) is 12.0 Å². The van der Waals surface area contributed by atoms with Crippen molar-refractivity contribution < 1.29 is 23.8 Å². The van der Waals surface area contributed by atoms with Crippen molar-refractivity contribution in [3.05, 3.63) is 23.9 Å². The number of amides is 2. The van der Waals surface area contributed by atoms with Crippen LogP contribution in [0.5, 0.6) is 5.75 Å². The predicted octanol–water partition coefficient (Wildman–Crippen LogP) is 3.07. The Morgan fingerprint density at radius 2 is 1.91 bits per heavy atom. The Morgan fingerprint density at radius 1 is 1.19 bits per heavy atom. The Kier molecular flexibility index (Phi) is 7.60. The van der Waals surface area contributed by atoms with Gasteiger partial charge in [-0.25, -0.2) is 4.79 Å². The van der Waals surface area contributed by atoms with E-state index in [9.17, 15) is 9.59 Å². The second kappa shape index (κ2) is 10.2. The average molecular weight is 447 g/mol. The first-order valence-electron chi connectivity index (χ1n) is 11.0. The lowest BCUT2D eigenvalue weighted by Crippen LogP contribution is -2.42. The number of fused-ring (bicyclic) bond motifs is 1. The first-order chi connectivity index (χ1) is 15.2. The fourth-order valence-electron chi connectivity index (χ4n) is 3.86. The summed E-state index contributed by atoms with van der Waals surface area (Å²) in [6.45, 7) is 8.61. The number of methoxy groups -OCH3 is 2. The van der Waals surface area contributed by atoms with Crippen LogP contribution >= 0.6 is 0 Å². The van der Waals surface area contributed by atoms with Gasteiger partial charge in [-0.2, -0.15) is 5.10 Å². The molecule has 176 valence electrons. The minimum atomic E-state index is -0.484. The van der Waals surface area contributed by atoms with Gasteiger partial charge in [-0.05, 0) is 51.7 Å². The van der Waals surface area contributed by atoms with Crippen molar-refractivity contribution >= 4 is 22.9 Å². The lowest BCUT2D eigenvalue weighted by molar-refractivity contribution is 0.0177. The van der Waals surface area contributed by atoms with Crippen LogP contribution in [0.4, 0.5) is 4.79 Å². The van der Waals surface area contributed by atoms with E-state index in [2.05, 4.69) is 10.4 Å². The number of benzene rings is 1. The van der Waals surface area contributed by atoms with Crippen molar-refractivity contribution in [2.75, 3.05) is 40.5 Å². The molecule has 0 aliphatic carbocycles. The molecule has 0 unspecified atom stereocenters. The van der Waals surface area contributed by atoms with Crippen LogP contribution < -0.4 is 10.1 Å². The van der Waals surface area contributed by atoms with Gasteiger partial charge < -0.3 is 24.4 Å². The molecule has 0 bridgehead atoms. The summed E-state index contributed by atoms with van der Waals surface area (Å²) in [6, 6.07) is 3.57. The number of rotatable bonds is 7. The highest BCUT2D eigenvalue weighted by molar-refractivity contribution is 6.03. The third kappa shape index (κ3) is 5.91.